The van der Waals surface area contributed by atoms with Crippen molar-refractivity contribution in [2.24, 2.45) is 4.99 Å². The van der Waals surface area contributed by atoms with Crippen LogP contribution in [0.1, 0.15) is 23.6 Å². The van der Waals surface area contributed by atoms with Crippen LogP contribution < -0.4 is 10.6 Å². The van der Waals surface area contributed by atoms with E-state index >= 15 is 0 Å². The second kappa shape index (κ2) is 8.80. The summed E-state index contributed by atoms with van der Waals surface area (Å²) in [5, 5.41) is 6.64. The maximum atomic E-state index is 4.64. The quantitative estimate of drug-likeness (QED) is 0.531. The molecule has 1 aromatic carbocycles. The molecule has 0 atom stereocenters. The van der Waals surface area contributed by atoms with E-state index in [1.807, 2.05) is 29.1 Å². The molecule has 0 aliphatic rings. The third kappa shape index (κ3) is 4.92. The smallest absolute Gasteiger partial charge is 0.191 e. The molecule has 0 aliphatic carbocycles. The average Bonchev–Trinajstić information content (AvgIpc) is 3.20. The highest BCUT2D eigenvalue weighted by Crippen LogP contribution is 2.06. The second-order valence-corrected chi connectivity index (χ2v) is 6.03. The fourth-order valence-electron chi connectivity index (χ4n) is 2.46. The number of guanidine groups is 1. The molecule has 0 unspecified atom stereocenters. The monoisotopic (exact) mass is 348 g/mol. The van der Waals surface area contributed by atoms with E-state index in [-0.39, 0.29) is 0 Å². The minimum Gasteiger partial charge on any atom is -0.357 e. The normalized spacial score (nSPS) is 11.4. The molecule has 2 aromatic heterocycles. The van der Waals surface area contributed by atoms with Gasteiger partial charge >= 0.3 is 0 Å². The highest BCUT2D eigenvalue weighted by Gasteiger charge is 2.01. The summed E-state index contributed by atoms with van der Waals surface area (Å²) in [7, 11) is 0. The molecular weight excluding hydrogens is 324 g/mol. The summed E-state index contributed by atoms with van der Waals surface area (Å²) in [6.45, 7) is 6.28. The first kappa shape index (κ1) is 17.7. The van der Waals surface area contributed by atoms with E-state index in [4.69, 9.17) is 0 Å². The molecule has 0 bridgehead atoms. The highest BCUT2D eigenvalue weighted by atomic mass is 15.2. The summed E-state index contributed by atoms with van der Waals surface area (Å²) in [4.78, 5) is 13.1. The van der Waals surface area contributed by atoms with E-state index < -0.39 is 0 Å². The predicted octanol–water partition coefficient (Wildman–Crippen LogP) is 2.83. The Hall–Kier alpha value is -3.15. The van der Waals surface area contributed by atoms with Crippen LogP contribution in [0.15, 0.2) is 66.3 Å². The first-order valence-electron chi connectivity index (χ1n) is 8.75. The number of nitrogens with zero attached hydrogens (tertiary/aromatic N) is 4. The summed E-state index contributed by atoms with van der Waals surface area (Å²) < 4.78 is 1.88. The molecule has 0 aliphatic heterocycles. The van der Waals surface area contributed by atoms with Crippen LogP contribution in [-0.4, -0.2) is 27.0 Å². The molecule has 6 nitrogen and oxygen atoms in total. The number of hydrogen-bond donors (Lipinski definition) is 2. The number of aryl methyl sites for hydroxylation is 1. The number of rotatable bonds is 6. The molecule has 2 N–H and O–H groups in total. The van der Waals surface area contributed by atoms with Crippen molar-refractivity contribution >= 4 is 5.96 Å². The highest BCUT2D eigenvalue weighted by molar-refractivity contribution is 5.79. The van der Waals surface area contributed by atoms with Gasteiger partial charge in [0.15, 0.2) is 5.96 Å². The van der Waals surface area contributed by atoms with Gasteiger partial charge in [-0.05, 0) is 31.0 Å². The van der Waals surface area contributed by atoms with Gasteiger partial charge in [0.1, 0.15) is 12.1 Å². The molecular formula is C20H24N6. The maximum absolute atomic E-state index is 4.64. The first-order chi connectivity index (χ1) is 12.7. The summed E-state index contributed by atoms with van der Waals surface area (Å²) in [6, 6.07) is 12.5. The molecule has 0 saturated heterocycles. The van der Waals surface area contributed by atoms with Crippen molar-refractivity contribution < 1.29 is 0 Å². The summed E-state index contributed by atoms with van der Waals surface area (Å²) in [5.41, 5.74) is 3.55. The topological polar surface area (TPSA) is 67.1 Å². The van der Waals surface area contributed by atoms with Crippen molar-refractivity contribution in [1.29, 1.82) is 0 Å². The van der Waals surface area contributed by atoms with Gasteiger partial charge in [-0.15, -0.1) is 0 Å². The van der Waals surface area contributed by atoms with Crippen LogP contribution in [0, 0.1) is 6.92 Å². The SMILES string of the molecule is CCNC(=NCc1ccc(-n2ccnc2)nc1)NCc1ccc(C)cc1. The lowest BCUT2D eigenvalue weighted by atomic mass is 10.1. The first-order valence-corrected chi connectivity index (χ1v) is 8.75. The zero-order valence-electron chi connectivity index (χ0n) is 15.2. The van der Waals surface area contributed by atoms with Crippen molar-refractivity contribution in [2.75, 3.05) is 6.54 Å². The lowest BCUT2D eigenvalue weighted by Crippen LogP contribution is -2.36. The molecule has 3 rings (SSSR count). The standard InChI is InChI=1S/C20H24N6/c1-3-22-20(24-12-17-6-4-16(2)5-7-17)25-14-18-8-9-19(23-13-18)26-11-10-21-15-26/h4-11,13,15H,3,12,14H2,1-2H3,(H2,22,24,25). The van der Waals surface area contributed by atoms with E-state index in [2.05, 4.69) is 63.7 Å². The Kier molecular flexibility index (Phi) is 5.98. The average molecular weight is 348 g/mol. The summed E-state index contributed by atoms with van der Waals surface area (Å²) in [5.74, 6) is 1.64. The van der Waals surface area contributed by atoms with Gasteiger partial charge in [-0.2, -0.15) is 0 Å². The number of aliphatic imine (C=N–C) groups is 1. The van der Waals surface area contributed by atoms with E-state index in [0.717, 1.165) is 30.4 Å². The molecule has 6 heteroatoms. The Morgan fingerprint density at radius 3 is 2.54 bits per heavy atom. The minimum atomic E-state index is 0.570. The van der Waals surface area contributed by atoms with Crippen LogP contribution in [0.5, 0.6) is 0 Å². The van der Waals surface area contributed by atoms with Gasteiger partial charge in [-0.1, -0.05) is 35.9 Å². The zero-order chi connectivity index (χ0) is 18.2. The Morgan fingerprint density at radius 2 is 1.88 bits per heavy atom. The Morgan fingerprint density at radius 1 is 1.08 bits per heavy atom. The third-order valence-electron chi connectivity index (χ3n) is 3.92. The molecule has 0 fully saturated rings. The van der Waals surface area contributed by atoms with Crippen LogP contribution in [0.3, 0.4) is 0 Å². The van der Waals surface area contributed by atoms with Crippen LogP contribution >= 0.6 is 0 Å². The summed E-state index contributed by atoms with van der Waals surface area (Å²) in [6.07, 6.45) is 7.20. The zero-order valence-corrected chi connectivity index (χ0v) is 15.2. The molecule has 2 heterocycles. The van der Waals surface area contributed by atoms with Crippen molar-refractivity contribution in [3.8, 4) is 5.82 Å². The minimum absolute atomic E-state index is 0.570. The van der Waals surface area contributed by atoms with Crippen molar-refractivity contribution in [3.63, 3.8) is 0 Å². The van der Waals surface area contributed by atoms with Gasteiger partial charge in [0.2, 0.25) is 0 Å². The maximum Gasteiger partial charge on any atom is 0.191 e. The third-order valence-corrected chi connectivity index (χ3v) is 3.92. The molecule has 134 valence electrons. The number of benzene rings is 1. The number of hydrogen-bond acceptors (Lipinski definition) is 3. The van der Waals surface area contributed by atoms with Crippen molar-refractivity contribution in [2.45, 2.75) is 26.9 Å². The van der Waals surface area contributed by atoms with Gasteiger partial charge in [-0.3, -0.25) is 4.57 Å². The van der Waals surface area contributed by atoms with E-state index in [1.54, 1.807) is 12.5 Å². The molecule has 26 heavy (non-hydrogen) atoms. The Bertz CT molecular complexity index is 820. The number of aromatic nitrogens is 3. The Labute approximate surface area is 154 Å². The lowest BCUT2D eigenvalue weighted by molar-refractivity contribution is 0.815. The van der Waals surface area contributed by atoms with Gasteiger partial charge in [-0.25, -0.2) is 15.0 Å². The van der Waals surface area contributed by atoms with Crippen molar-refractivity contribution in [3.05, 3.63) is 78.0 Å². The van der Waals surface area contributed by atoms with Gasteiger partial charge in [0.25, 0.3) is 0 Å². The number of pyridine rings is 1. The second-order valence-electron chi connectivity index (χ2n) is 6.03. The van der Waals surface area contributed by atoms with Gasteiger partial charge in [0, 0.05) is 31.7 Å². The fraction of sp³-hybridized carbons (Fsp3) is 0.250. The molecule has 0 spiro atoms. The largest absolute Gasteiger partial charge is 0.357 e. The van der Waals surface area contributed by atoms with Gasteiger partial charge in [0.05, 0.1) is 6.54 Å². The summed E-state index contributed by atoms with van der Waals surface area (Å²) >= 11 is 0. The van der Waals surface area contributed by atoms with Crippen LogP contribution in [0.2, 0.25) is 0 Å². The van der Waals surface area contributed by atoms with Crippen LogP contribution in [0.25, 0.3) is 5.82 Å². The molecule has 0 saturated carbocycles. The molecule has 0 amide bonds. The van der Waals surface area contributed by atoms with Gasteiger partial charge < -0.3 is 10.6 Å². The fourth-order valence-corrected chi connectivity index (χ4v) is 2.46. The predicted molar refractivity (Wildman–Crippen MR) is 104 cm³/mol. The molecule has 3 aromatic rings. The lowest BCUT2D eigenvalue weighted by Gasteiger charge is -2.11. The van der Waals surface area contributed by atoms with E-state index in [1.165, 1.54) is 11.1 Å². The van der Waals surface area contributed by atoms with Crippen LogP contribution in [0.4, 0.5) is 0 Å². The number of nitrogens with one attached hydrogen (secondary N) is 2. The van der Waals surface area contributed by atoms with E-state index in [0.29, 0.717) is 6.54 Å². The Balaban J connectivity index is 1.60. The number of imidazole rings is 1. The van der Waals surface area contributed by atoms with Crippen molar-refractivity contribution in [1.82, 2.24) is 25.2 Å². The molecule has 0 radical (unpaired) electrons. The van der Waals surface area contributed by atoms with E-state index in [9.17, 15) is 0 Å². The van der Waals surface area contributed by atoms with Crippen LogP contribution in [-0.2, 0) is 13.1 Å².